The lowest BCUT2D eigenvalue weighted by atomic mass is 9.98. The van der Waals surface area contributed by atoms with Crippen molar-refractivity contribution in [2.75, 3.05) is 14.1 Å². The molecule has 0 spiro atoms. The fourth-order valence-electron chi connectivity index (χ4n) is 1.56. The monoisotopic (exact) mass is 200 g/mol. The highest BCUT2D eigenvalue weighted by molar-refractivity contribution is 6.61. The molecule has 1 aromatic heterocycles. The standard InChI is InChI=1S/C11H12N4/c1-12-9-5-3-4-8(11(9)13-2)10-6-14-7-15-10/h3-7H,1-2H3,(H,14,15)/b12-9-,13-11-. The van der Waals surface area contributed by atoms with Gasteiger partial charge in [-0.15, -0.1) is 0 Å². The van der Waals surface area contributed by atoms with Crippen molar-refractivity contribution in [3.63, 3.8) is 0 Å². The summed E-state index contributed by atoms with van der Waals surface area (Å²) >= 11 is 0. The van der Waals surface area contributed by atoms with Gasteiger partial charge in [0.1, 0.15) is 0 Å². The SMILES string of the molecule is C/N=C1/C=CC=C(c2c[nH]cn2)/C1=N/C. The van der Waals surface area contributed by atoms with E-state index >= 15 is 0 Å². The van der Waals surface area contributed by atoms with Gasteiger partial charge in [-0.05, 0) is 6.08 Å². The first-order chi connectivity index (χ1) is 7.36. The molecule has 76 valence electrons. The lowest BCUT2D eigenvalue weighted by Crippen LogP contribution is -2.16. The third-order valence-electron chi connectivity index (χ3n) is 2.25. The van der Waals surface area contributed by atoms with E-state index in [4.69, 9.17) is 0 Å². The van der Waals surface area contributed by atoms with Gasteiger partial charge in [-0.1, -0.05) is 12.2 Å². The molecule has 1 aliphatic carbocycles. The molecule has 0 unspecified atom stereocenters. The second kappa shape index (κ2) is 4.04. The summed E-state index contributed by atoms with van der Waals surface area (Å²) in [4.78, 5) is 15.6. The van der Waals surface area contributed by atoms with Gasteiger partial charge in [0.15, 0.2) is 0 Å². The minimum atomic E-state index is 0.882. The van der Waals surface area contributed by atoms with Crippen molar-refractivity contribution >= 4 is 17.0 Å². The highest BCUT2D eigenvalue weighted by Crippen LogP contribution is 2.18. The van der Waals surface area contributed by atoms with E-state index in [9.17, 15) is 0 Å². The van der Waals surface area contributed by atoms with E-state index < -0.39 is 0 Å². The van der Waals surface area contributed by atoms with Crippen LogP contribution in [-0.2, 0) is 0 Å². The smallest absolute Gasteiger partial charge is 0.0927 e. The molecule has 4 nitrogen and oxygen atoms in total. The molecule has 0 radical (unpaired) electrons. The molecule has 0 aromatic carbocycles. The Morgan fingerprint density at radius 1 is 1.27 bits per heavy atom. The Balaban J connectivity index is 2.49. The number of hydrogen-bond donors (Lipinski definition) is 1. The third kappa shape index (κ3) is 1.66. The van der Waals surface area contributed by atoms with E-state index in [1.165, 1.54) is 0 Å². The van der Waals surface area contributed by atoms with Gasteiger partial charge < -0.3 is 4.98 Å². The lowest BCUT2D eigenvalue weighted by molar-refractivity contribution is 1.30. The Morgan fingerprint density at radius 2 is 2.13 bits per heavy atom. The number of rotatable bonds is 1. The minimum Gasteiger partial charge on any atom is -0.351 e. The fraction of sp³-hybridized carbons (Fsp3) is 0.182. The van der Waals surface area contributed by atoms with Crippen LogP contribution in [0.3, 0.4) is 0 Å². The molecule has 0 bridgehead atoms. The predicted octanol–water partition coefficient (Wildman–Crippen LogP) is 1.50. The molecule has 1 aromatic rings. The van der Waals surface area contributed by atoms with Crippen LogP contribution < -0.4 is 0 Å². The van der Waals surface area contributed by atoms with E-state index in [0.717, 1.165) is 22.7 Å². The number of aliphatic imine (C=N–C) groups is 2. The number of aromatic amines is 1. The molecule has 1 heterocycles. The normalized spacial score (nSPS) is 21.1. The van der Waals surface area contributed by atoms with Crippen molar-refractivity contribution in [1.82, 2.24) is 9.97 Å². The Labute approximate surface area is 88.2 Å². The number of nitrogens with one attached hydrogen (secondary N) is 1. The summed E-state index contributed by atoms with van der Waals surface area (Å²) in [5, 5.41) is 0. The van der Waals surface area contributed by atoms with Crippen LogP contribution in [0.2, 0.25) is 0 Å². The second-order valence-corrected chi connectivity index (χ2v) is 3.07. The predicted molar refractivity (Wildman–Crippen MR) is 62.4 cm³/mol. The zero-order valence-electron chi connectivity index (χ0n) is 8.73. The topological polar surface area (TPSA) is 53.4 Å². The van der Waals surface area contributed by atoms with E-state index in [0.29, 0.717) is 0 Å². The van der Waals surface area contributed by atoms with Crippen LogP contribution in [0.15, 0.2) is 40.7 Å². The van der Waals surface area contributed by atoms with Crippen molar-refractivity contribution in [3.05, 3.63) is 36.4 Å². The van der Waals surface area contributed by atoms with Gasteiger partial charge in [0, 0.05) is 25.9 Å². The van der Waals surface area contributed by atoms with Crippen LogP contribution in [0.5, 0.6) is 0 Å². The molecule has 1 aliphatic rings. The molecule has 0 atom stereocenters. The number of H-pyrrole nitrogens is 1. The van der Waals surface area contributed by atoms with Crippen LogP contribution in [0.1, 0.15) is 5.69 Å². The number of nitrogens with zero attached hydrogens (tertiary/aromatic N) is 3. The van der Waals surface area contributed by atoms with E-state index in [1.807, 2.05) is 24.4 Å². The van der Waals surface area contributed by atoms with Crippen molar-refractivity contribution in [1.29, 1.82) is 0 Å². The average molecular weight is 200 g/mol. The first-order valence-corrected chi connectivity index (χ1v) is 4.68. The third-order valence-corrected chi connectivity index (χ3v) is 2.25. The van der Waals surface area contributed by atoms with Gasteiger partial charge >= 0.3 is 0 Å². The van der Waals surface area contributed by atoms with E-state index in [1.54, 1.807) is 20.4 Å². The summed E-state index contributed by atoms with van der Waals surface area (Å²) in [6.07, 6.45) is 9.40. The molecular formula is C11H12N4. The zero-order valence-corrected chi connectivity index (χ0v) is 8.73. The second-order valence-electron chi connectivity index (χ2n) is 3.07. The summed E-state index contributed by atoms with van der Waals surface area (Å²) in [5.41, 5.74) is 3.66. The van der Waals surface area contributed by atoms with Crippen LogP contribution >= 0.6 is 0 Å². The zero-order chi connectivity index (χ0) is 10.7. The summed E-state index contributed by atoms with van der Waals surface area (Å²) in [7, 11) is 3.53. The summed E-state index contributed by atoms with van der Waals surface area (Å²) in [6, 6.07) is 0. The lowest BCUT2D eigenvalue weighted by Gasteiger charge is -2.11. The Hall–Kier alpha value is -1.97. The molecule has 15 heavy (non-hydrogen) atoms. The Kier molecular flexibility index (Phi) is 2.58. The molecular weight excluding hydrogens is 188 g/mol. The van der Waals surface area contributed by atoms with E-state index in [-0.39, 0.29) is 0 Å². The minimum absolute atomic E-state index is 0.882. The first-order valence-electron chi connectivity index (χ1n) is 4.68. The molecule has 4 heteroatoms. The van der Waals surface area contributed by atoms with Gasteiger partial charge in [0.2, 0.25) is 0 Å². The number of imidazole rings is 1. The van der Waals surface area contributed by atoms with Crippen molar-refractivity contribution in [2.45, 2.75) is 0 Å². The largest absolute Gasteiger partial charge is 0.351 e. The summed E-state index contributed by atoms with van der Waals surface area (Å²) in [5.74, 6) is 0. The van der Waals surface area contributed by atoms with Gasteiger partial charge in [0.25, 0.3) is 0 Å². The summed E-state index contributed by atoms with van der Waals surface area (Å²) < 4.78 is 0. The van der Waals surface area contributed by atoms with E-state index in [2.05, 4.69) is 20.0 Å². The molecule has 0 aliphatic heterocycles. The van der Waals surface area contributed by atoms with Gasteiger partial charge in [0.05, 0.1) is 23.4 Å². The maximum absolute atomic E-state index is 4.25. The Bertz CT molecular complexity index is 461. The molecule has 0 fully saturated rings. The van der Waals surface area contributed by atoms with Crippen molar-refractivity contribution in [2.24, 2.45) is 9.98 Å². The molecule has 0 saturated heterocycles. The van der Waals surface area contributed by atoms with Gasteiger partial charge in [-0.25, -0.2) is 4.98 Å². The molecule has 0 saturated carbocycles. The molecule has 0 amide bonds. The van der Waals surface area contributed by atoms with Crippen molar-refractivity contribution in [3.8, 4) is 0 Å². The Morgan fingerprint density at radius 3 is 2.73 bits per heavy atom. The van der Waals surface area contributed by atoms with Crippen LogP contribution in [0, 0.1) is 0 Å². The van der Waals surface area contributed by atoms with Crippen LogP contribution in [-0.4, -0.2) is 35.5 Å². The van der Waals surface area contributed by atoms with Crippen molar-refractivity contribution < 1.29 is 0 Å². The molecule has 1 N–H and O–H groups in total. The highest BCUT2D eigenvalue weighted by atomic mass is 14.9. The number of hydrogen-bond acceptors (Lipinski definition) is 3. The number of aromatic nitrogens is 2. The van der Waals surface area contributed by atoms with Crippen LogP contribution in [0.4, 0.5) is 0 Å². The average Bonchev–Trinajstić information content (AvgIpc) is 2.81. The fourth-order valence-corrected chi connectivity index (χ4v) is 1.56. The van der Waals surface area contributed by atoms with Crippen LogP contribution in [0.25, 0.3) is 5.57 Å². The first kappa shape index (κ1) is 9.58. The maximum Gasteiger partial charge on any atom is 0.0927 e. The highest BCUT2D eigenvalue weighted by Gasteiger charge is 2.16. The maximum atomic E-state index is 4.25. The molecule has 2 rings (SSSR count). The summed E-state index contributed by atoms with van der Waals surface area (Å²) in [6.45, 7) is 0. The van der Waals surface area contributed by atoms with Gasteiger partial charge in [-0.2, -0.15) is 0 Å². The quantitative estimate of drug-likeness (QED) is 0.686. The van der Waals surface area contributed by atoms with Gasteiger partial charge in [-0.3, -0.25) is 9.98 Å². The number of allylic oxidation sites excluding steroid dienone is 4.